The molecule has 9 heteroatoms. The number of rotatable bonds is 10. The summed E-state index contributed by atoms with van der Waals surface area (Å²) in [6.45, 7) is 8.07. The van der Waals surface area contributed by atoms with E-state index in [2.05, 4.69) is 261 Å². The first kappa shape index (κ1) is 55.4. The van der Waals surface area contributed by atoms with Crippen molar-refractivity contribution in [3.8, 4) is 114 Å². The predicted octanol–water partition coefficient (Wildman–Crippen LogP) is 21.6. The van der Waals surface area contributed by atoms with Gasteiger partial charge in [0.2, 0.25) is 0 Å². The largest absolute Gasteiger partial charge is 0.309 e. The molecule has 0 unspecified atom stereocenters. The number of para-hydroxylation sites is 6. The zero-order chi connectivity index (χ0) is 63.7. The molecule has 0 fully saturated rings. The van der Waals surface area contributed by atoms with Crippen molar-refractivity contribution in [1.29, 1.82) is 15.8 Å². The molecule has 4 heterocycles. The molecule has 0 spiro atoms. The number of fused-ring (bicyclic) bond motifs is 9. The van der Waals surface area contributed by atoms with Crippen molar-refractivity contribution in [2.24, 2.45) is 0 Å². The van der Waals surface area contributed by atoms with E-state index in [0.717, 1.165) is 155 Å². The van der Waals surface area contributed by atoms with Crippen molar-refractivity contribution < 1.29 is 0 Å². The third kappa shape index (κ3) is 9.28. The first-order valence-electron chi connectivity index (χ1n) is 31.2. The van der Waals surface area contributed by atoms with E-state index in [0.29, 0.717) is 28.2 Å². The van der Waals surface area contributed by atoms with Gasteiger partial charge in [-0.2, -0.15) is 15.8 Å². The first-order chi connectivity index (χ1) is 46.9. The summed E-state index contributed by atoms with van der Waals surface area (Å²) in [5.41, 5.74) is 21.3. The molecule has 0 aliphatic carbocycles. The third-order valence-electron chi connectivity index (χ3n) is 18.3. The molecule has 4 aromatic heterocycles. The lowest BCUT2D eigenvalue weighted by molar-refractivity contribution is 1.15. The van der Waals surface area contributed by atoms with Gasteiger partial charge in [0.15, 0.2) is 11.5 Å². The number of aromatic nitrogens is 5. The summed E-state index contributed by atoms with van der Waals surface area (Å²) in [5, 5.41) is 37.2. The normalized spacial score (nSPS) is 11.3. The molecule has 0 radical (unpaired) electrons. The number of benzene rings is 13. The van der Waals surface area contributed by atoms with Gasteiger partial charge in [0, 0.05) is 76.8 Å². The van der Waals surface area contributed by atoms with Gasteiger partial charge in [-0.1, -0.05) is 182 Å². The topological polar surface area (TPSA) is 116 Å². The zero-order valence-corrected chi connectivity index (χ0v) is 50.8. The van der Waals surface area contributed by atoms with E-state index in [1.165, 1.54) is 0 Å². The molecule has 0 bridgehead atoms. The van der Waals surface area contributed by atoms with Crippen LogP contribution in [-0.2, 0) is 0 Å². The minimum absolute atomic E-state index is 0.364. The van der Waals surface area contributed by atoms with Crippen LogP contribution in [0.1, 0.15) is 16.7 Å². The van der Waals surface area contributed by atoms with Crippen LogP contribution in [-0.4, -0.2) is 23.7 Å². The average Bonchev–Trinajstić information content (AvgIpc) is 1.64. The van der Waals surface area contributed by atoms with Crippen LogP contribution in [0.3, 0.4) is 0 Å². The van der Waals surface area contributed by atoms with Gasteiger partial charge in [0.1, 0.15) is 0 Å². The summed E-state index contributed by atoms with van der Waals surface area (Å²) in [7, 11) is 0. The summed E-state index contributed by atoms with van der Waals surface area (Å²) < 4.78 is 7.21. The highest BCUT2D eigenvalue weighted by atomic mass is 15.0. The summed E-state index contributed by atoms with van der Waals surface area (Å²) in [4.78, 5) is 14.7. The molecule has 0 aliphatic heterocycles. The number of nitrogens with zero attached hydrogens (tertiary/aromatic N) is 9. The van der Waals surface area contributed by atoms with Crippen molar-refractivity contribution in [3.05, 3.63) is 325 Å². The van der Waals surface area contributed by atoms with E-state index < -0.39 is 0 Å². The Balaban J connectivity index is 1.07. The van der Waals surface area contributed by atoms with Crippen molar-refractivity contribution in [3.63, 3.8) is 0 Å². The molecule has 0 saturated heterocycles. The van der Waals surface area contributed by atoms with Gasteiger partial charge in [-0.15, -0.1) is 0 Å². The highest BCUT2D eigenvalue weighted by Gasteiger charge is 2.28. The van der Waals surface area contributed by atoms with Gasteiger partial charge in [0.25, 0.3) is 0 Å². The maximum absolute atomic E-state index is 10.3. The van der Waals surface area contributed by atoms with E-state index >= 15 is 0 Å². The van der Waals surface area contributed by atoms with Crippen LogP contribution in [0.15, 0.2) is 297 Å². The van der Waals surface area contributed by atoms with Crippen LogP contribution in [0, 0.1) is 40.6 Å². The fourth-order valence-electron chi connectivity index (χ4n) is 14.1. The smallest absolute Gasteiger partial charge is 0.189 e. The lowest BCUT2D eigenvalue weighted by Crippen LogP contribution is -2.06. The van der Waals surface area contributed by atoms with Crippen LogP contribution in [0.4, 0.5) is 5.69 Å². The molecule has 9 nitrogen and oxygen atoms in total. The summed E-state index contributed by atoms with van der Waals surface area (Å²) in [6.07, 6.45) is 0. The maximum atomic E-state index is 10.3. The van der Waals surface area contributed by atoms with Gasteiger partial charge in [-0.25, -0.2) is 14.8 Å². The molecule has 95 heavy (non-hydrogen) atoms. The van der Waals surface area contributed by atoms with E-state index in [1.54, 1.807) is 12.1 Å². The predicted molar refractivity (Wildman–Crippen MR) is 384 cm³/mol. The molecule has 0 saturated carbocycles. The SMILES string of the molecule is [C-]#[N+]c1cc(C#N)cc(-c2ccc3c(c2)c2cc(-c4cc(C#N)cc(C#N)c4)ccc2n3-c2c(-c3ccccc3-n3c4ccccc4c4ccccc43)cc(-c3cc(-c4ccccc4)nc(-c4ccccc4)n3)cc2-c2ccccc2-n2c3ccccc3c3ccccc32)c1. The van der Waals surface area contributed by atoms with Gasteiger partial charge >= 0.3 is 0 Å². The van der Waals surface area contributed by atoms with Crippen molar-refractivity contribution in [1.82, 2.24) is 23.7 Å². The maximum Gasteiger partial charge on any atom is 0.189 e. The molecule has 0 amide bonds. The zero-order valence-electron chi connectivity index (χ0n) is 50.8. The van der Waals surface area contributed by atoms with Gasteiger partial charge in [-0.3, -0.25) is 0 Å². The Hall–Kier alpha value is -13.7. The Labute approximate surface area is 546 Å². The van der Waals surface area contributed by atoms with Crippen molar-refractivity contribution in [2.45, 2.75) is 0 Å². The summed E-state index contributed by atoms with van der Waals surface area (Å²) in [5.74, 6) is 0.588. The van der Waals surface area contributed by atoms with Crippen LogP contribution < -0.4 is 0 Å². The molecule has 17 rings (SSSR count). The Morgan fingerprint density at radius 3 is 1.14 bits per heavy atom. The molecular weight excluding hydrogens is 1160 g/mol. The van der Waals surface area contributed by atoms with Crippen LogP contribution in [0.2, 0.25) is 0 Å². The second-order valence-electron chi connectivity index (χ2n) is 23.7. The van der Waals surface area contributed by atoms with Gasteiger partial charge in [-0.05, 0) is 138 Å². The van der Waals surface area contributed by atoms with E-state index in [4.69, 9.17) is 16.5 Å². The Morgan fingerprint density at radius 2 is 0.674 bits per heavy atom. The summed E-state index contributed by atoms with van der Waals surface area (Å²) >= 11 is 0. The highest BCUT2D eigenvalue weighted by molar-refractivity contribution is 6.15. The number of hydrogen-bond acceptors (Lipinski definition) is 5. The lowest BCUT2D eigenvalue weighted by Gasteiger charge is -2.24. The second-order valence-corrected chi connectivity index (χ2v) is 23.7. The first-order valence-corrected chi connectivity index (χ1v) is 31.2. The van der Waals surface area contributed by atoms with Crippen molar-refractivity contribution in [2.75, 3.05) is 0 Å². The van der Waals surface area contributed by atoms with E-state index in [9.17, 15) is 15.8 Å². The number of hydrogen-bond donors (Lipinski definition) is 0. The monoisotopic (exact) mass is 1210 g/mol. The van der Waals surface area contributed by atoms with Crippen LogP contribution >= 0.6 is 0 Å². The molecule has 0 N–H and O–H groups in total. The third-order valence-corrected chi connectivity index (χ3v) is 18.3. The average molecular weight is 1210 g/mol. The van der Waals surface area contributed by atoms with Gasteiger partial charge < -0.3 is 13.7 Å². The van der Waals surface area contributed by atoms with Gasteiger partial charge in [0.05, 0.1) is 97.5 Å². The van der Waals surface area contributed by atoms with Crippen LogP contribution in [0.25, 0.3) is 166 Å². The minimum atomic E-state index is 0.364. The minimum Gasteiger partial charge on any atom is -0.309 e. The molecule has 13 aromatic carbocycles. The second kappa shape index (κ2) is 22.7. The molecule has 0 aliphatic rings. The fraction of sp³-hybridized carbons (Fsp3) is 0. The molecule has 0 atom stereocenters. The molecule has 17 aromatic rings. The lowest BCUT2D eigenvalue weighted by atomic mass is 9.90. The Bertz CT molecular complexity index is 5680. The Kier molecular flexibility index (Phi) is 13.2. The van der Waals surface area contributed by atoms with E-state index in [-0.39, 0.29) is 0 Å². The van der Waals surface area contributed by atoms with Crippen molar-refractivity contribution >= 4 is 71.1 Å². The number of nitriles is 3. The quantitative estimate of drug-likeness (QED) is 0.126. The summed E-state index contributed by atoms with van der Waals surface area (Å²) in [6, 6.07) is 109. The Morgan fingerprint density at radius 1 is 0.284 bits per heavy atom. The molecular formula is C86H49N9. The molecule has 438 valence electrons. The standard InChI is InChI=1S/C86H49N9/c1-90-64-44-56(53-89)43-62(45-64)60-37-39-84-72(47-60)71-46-59(61-41-54(51-87)40-55(42-61)52-88)36-38-83(71)95(84)85-73(69-28-12-18-34-81(69)93-77-30-14-8-24-65(77)66-25-9-15-31-78(66)93)48-63(76-50-75(57-20-4-2-5-21-57)91-86(92-76)58-22-6-3-7-23-58)49-74(85)70-29-13-19-35-82(70)94-79-32-16-10-26-67(79)68-27-11-17-33-80(68)94/h2-50H. The fourth-order valence-corrected chi connectivity index (χ4v) is 14.1. The van der Waals surface area contributed by atoms with Crippen LogP contribution in [0.5, 0.6) is 0 Å². The highest BCUT2D eigenvalue weighted by Crippen LogP contribution is 2.49. The van der Waals surface area contributed by atoms with E-state index in [1.807, 2.05) is 60.7 Å².